The number of hydrogen-bond donors (Lipinski definition) is 1. The molecule has 0 aliphatic rings. The Morgan fingerprint density at radius 2 is 1.79 bits per heavy atom. The van der Waals surface area contributed by atoms with Crippen LogP contribution in [0.1, 0.15) is 34.6 Å². The lowest BCUT2D eigenvalue weighted by Gasteiger charge is -2.15. The Balaban J connectivity index is 2.28. The number of benzene rings is 2. The first-order chi connectivity index (χ1) is 11.4. The Bertz CT molecular complexity index is 741. The third-order valence-electron chi connectivity index (χ3n) is 3.16. The van der Waals surface area contributed by atoms with Gasteiger partial charge in [0.15, 0.2) is 0 Å². The van der Waals surface area contributed by atoms with E-state index in [9.17, 15) is 9.59 Å². The van der Waals surface area contributed by atoms with Crippen molar-refractivity contribution in [2.45, 2.75) is 20.0 Å². The number of ether oxygens (including phenoxy) is 2. The fourth-order valence-electron chi connectivity index (χ4n) is 2.04. The van der Waals surface area contributed by atoms with E-state index in [2.05, 4.69) is 5.32 Å². The highest BCUT2D eigenvalue weighted by Gasteiger charge is 2.16. The van der Waals surface area contributed by atoms with E-state index in [1.807, 2.05) is 13.8 Å². The maximum atomic E-state index is 12.5. The van der Waals surface area contributed by atoms with Crippen molar-refractivity contribution in [3.05, 3.63) is 52.5 Å². The molecule has 0 atom stereocenters. The van der Waals surface area contributed by atoms with Crippen molar-refractivity contribution in [3.8, 4) is 11.5 Å². The van der Waals surface area contributed by atoms with Crippen LogP contribution >= 0.6 is 11.6 Å². The van der Waals surface area contributed by atoms with Gasteiger partial charge < -0.3 is 14.8 Å². The third kappa shape index (κ3) is 4.26. The molecule has 0 unspecified atom stereocenters. The Hall–Kier alpha value is -2.53. The molecule has 1 amide bonds. The number of carbonyl (C=O) groups is 2. The number of methoxy groups -OCH3 is 1. The molecule has 0 radical (unpaired) electrons. The predicted molar refractivity (Wildman–Crippen MR) is 93.6 cm³/mol. The van der Waals surface area contributed by atoms with Gasteiger partial charge in [-0.15, -0.1) is 0 Å². The number of hydrogen-bond acceptors (Lipinski definition) is 4. The van der Waals surface area contributed by atoms with Crippen molar-refractivity contribution in [2.24, 2.45) is 0 Å². The molecule has 2 rings (SSSR count). The first-order valence-electron chi connectivity index (χ1n) is 7.35. The zero-order valence-electron chi connectivity index (χ0n) is 13.6. The number of rotatable bonds is 6. The molecular weight excluding hydrogens is 330 g/mol. The van der Waals surface area contributed by atoms with Crippen molar-refractivity contribution in [1.82, 2.24) is 0 Å². The lowest BCUT2D eigenvalue weighted by Crippen LogP contribution is -2.13. The largest absolute Gasteiger partial charge is 0.495 e. The molecule has 0 fully saturated rings. The number of halogens is 1. The summed E-state index contributed by atoms with van der Waals surface area (Å²) < 4.78 is 10.8. The molecule has 0 saturated carbocycles. The molecule has 0 aliphatic heterocycles. The molecule has 126 valence electrons. The minimum absolute atomic E-state index is 0.0959. The van der Waals surface area contributed by atoms with E-state index in [0.29, 0.717) is 33.3 Å². The SMILES string of the molecule is COc1cc(C(=O)Nc2ccc(C=O)cc2)cc(OC(C)C)c1Cl. The summed E-state index contributed by atoms with van der Waals surface area (Å²) in [6.45, 7) is 3.73. The van der Waals surface area contributed by atoms with E-state index in [0.717, 1.165) is 6.29 Å². The van der Waals surface area contributed by atoms with Gasteiger partial charge in [-0.25, -0.2) is 0 Å². The van der Waals surface area contributed by atoms with E-state index in [4.69, 9.17) is 21.1 Å². The molecular formula is C18H18ClNO4. The fourth-order valence-corrected chi connectivity index (χ4v) is 2.27. The average Bonchev–Trinajstić information content (AvgIpc) is 2.56. The smallest absolute Gasteiger partial charge is 0.255 e. The fraction of sp³-hybridized carbons (Fsp3) is 0.222. The lowest BCUT2D eigenvalue weighted by molar-refractivity contribution is 0.102. The van der Waals surface area contributed by atoms with Gasteiger partial charge in [-0.2, -0.15) is 0 Å². The van der Waals surface area contributed by atoms with Crippen LogP contribution in [0, 0.1) is 0 Å². The number of amides is 1. The molecule has 24 heavy (non-hydrogen) atoms. The molecule has 0 bridgehead atoms. The summed E-state index contributed by atoms with van der Waals surface area (Å²) in [7, 11) is 1.47. The molecule has 5 nitrogen and oxygen atoms in total. The summed E-state index contributed by atoms with van der Waals surface area (Å²) in [5.41, 5.74) is 1.46. The Morgan fingerprint density at radius 1 is 1.17 bits per heavy atom. The molecule has 0 aliphatic carbocycles. The highest BCUT2D eigenvalue weighted by atomic mass is 35.5. The van der Waals surface area contributed by atoms with Gasteiger partial charge in [0, 0.05) is 16.8 Å². The van der Waals surface area contributed by atoms with Gasteiger partial charge in [0.2, 0.25) is 0 Å². The molecule has 1 N–H and O–H groups in total. The third-order valence-corrected chi connectivity index (χ3v) is 3.53. The summed E-state index contributed by atoms with van der Waals surface area (Å²) in [6, 6.07) is 9.67. The first-order valence-corrected chi connectivity index (χ1v) is 7.73. The van der Waals surface area contributed by atoms with Gasteiger partial charge in [0.05, 0.1) is 13.2 Å². The Morgan fingerprint density at radius 3 is 2.33 bits per heavy atom. The highest BCUT2D eigenvalue weighted by molar-refractivity contribution is 6.33. The van der Waals surface area contributed by atoms with Crippen LogP contribution in [-0.2, 0) is 0 Å². The summed E-state index contributed by atoms with van der Waals surface area (Å²) in [5.74, 6) is 0.404. The van der Waals surface area contributed by atoms with Crippen molar-refractivity contribution in [2.75, 3.05) is 12.4 Å². The molecule has 0 heterocycles. The maximum absolute atomic E-state index is 12.5. The zero-order chi connectivity index (χ0) is 17.7. The monoisotopic (exact) mass is 347 g/mol. The topological polar surface area (TPSA) is 64.6 Å². The minimum atomic E-state index is -0.336. The van der Waals surface area contributed by atoms with Crippen LogP contribution in [0.15, 0.2) is 36.4 Å². The van der Waals surface area contributed by atoms with E-state index in [1.54, 1.807) is 36.4 Å². The zero-order valence-corrected chi connectivity index (χ0v) is 14.4. The van der Waals surface area contributed by atoms with Crippen molar-refractivity contribution >= 4 is 29.5 Å². The Kier molecular flexibility index (Phi) is 5.82. The summed E-state index contributed by atoms with van der Waals surface area (Å²) in [6.07, 6.45) is 0.645. The van der Waals surface area contributed by atoms with Crippen LogP contribution < -0.4 is 14.8 Å². The molecule has 0 aromatic heterocycles. The van der Waals surface area contributed by atoms with E-state index >= 15 is 0 Å². The quantitative estimate of drug-likeness (QED) is 0.795. The van der Waals surface area contributed by atoms with Crippen LogP contribution in [0.4, 0.5) is 5.69 Å². The number of nitrogens with one attached hydrogen (secondary N) is 1. The van der Waals surface area contributed by atoms with E-state index in [-0.39, 0.29) is 12.0 Å². The summed E-state index contributed by atoms with van der Waals surface area (Å²) in [4.78, 5) is 23.1. The van der Waals surface area contributed by atoms with Gasteiger partial charge >= 0.3 is 0 Å². The number of carbonyl (C=O) groups excluding carboxylic acids is 2. The van der Waals surface area contributed by atoms with Crippen molar-refractivity contribution in [1.29, 1.82) is 0 Å². The summed E-state index contributed by atoms with van der Waals surface area (Å²) >= 11 is 6.21. The van der Waals surface area contributed by atoms with Crippen molar-refractivity contribution < 1.29 is 19.1 Å². The van der Waals surface area contributed by atoms with Crippen LogP contribution in [0.5, 0.6) is 11.5 Å². The number of aldehydes is 1. The molecule has 2 aromatic carbocycles. The molecule has 2 aromatic rings. The molecule has 0 spiro atoms. The van der Waals surface area contributed by atoms with Gasteiger partial charge in [-0.05, 0) is 50.2 Å². The minimum Gasteiger partial charge on any atom is -0.495 e. The lowest BCUT2D eigenvalue weighted by atomic mass is 10.1. The van der Waals surface area contributed by atoms with Crippen LogP contribution in [-0.4, -0.2) is 25.4 Å². The predicted octanol–water partition coefficient (Wildman–Crippen LogP) is 4.20. The van der Waals surface area contributed by atoms with Crippen LogP contribution in [0.25, 0.3) is 0 Å². The summed E-state index contributed by atoms with van der Waals surface area (Å²) in [5, 5.41) is 3.07. The maximum Gasteiger partial charge on any atom is 0.255 e. The Labute approximate surface area is 145 Å². The normalized spacial score (nSPS) is 10.4. The van der Waals surface area contributed by atoms with Crippen LogP contribution in [0.3, 0.4) is 0 Å². The van der Waals surface area contributed by atoms with Crippen molar-refractivity contribution in [3.63, 3.8) is 0 Å². The average molecular weight is 348 g/mol. The first kappa shape index (κ1) is 17.8. The second kappa shape index (κ2) is 7.84. The second-order valence-corrected chi connectivity index (χ2v) is 5.73. The van der Waals surface area contributed by atoms with Gasteiger partial charge in [-0.1, -0.05) is 11.6 Å². The van der Waals surface area contributed by atoms with Gasteiger partial charge in [0.25, 0.3) is 5.91 Å². The second-order valence-electron chi connectivity index (χ2n) is 5.35. The van der Waals surface area contributed by atoms with Gasteiger partial charge in [-0.3, -0.25) is 9.59 Å². The molecule has 0 saturated heterocycles. The highest BCUT2D eigenvalue weighted by Crippen LogP contribution is 2.36. The van der Waals surface area contributed by atoms with Crippen LogP contribution in [0.2, 0.25) is 5.02 Å². The van der Waals surface area contributed by atoms with Gasteiger partial charge in [0.1, 0.15) is 22.8 Å². The van der Waals surface area contributed by atoms with E-state index < -0.39 is 0 Å². The standard InChI is InChI=1S/C18H18ClNO4/c1-11(2)24-16-9-13(8-15(23-3)17(16)19)18(22)20-14-6-4-12(10-21)5-7-14/h4-11H,1-3H3,(H,20,22). The van der Waals surface area contributed by atoms with E-state index in [1.165, 1.54) is 7.11 Å². The molecule has 6 heteroatoms. The number of anilines is 1.